The lowest BCUT2D eigenvalue weighted by Crippen LogP contribution is -2.19. The number of carboxylic acids is 1. The van der Waals surface area contributed by atoms with E-state index in [-0.39, 0.29) is 22.6 Å². The number of hydrogen-bond acceptors (Lipinski definition) is 7. The summed E-state index contributed by atoms with van der Waals surface area (Å²) in [6, 6.07) is 0. The molecular formula is C8H13N3O4S3. The van der Waals surface area contributed by atoms with E-state index in [2.05, 4.69) is 14.9 Å². The molecule has 0 amide bonds. The van der Waals surface area contributed by atoms with E-state index in [9.17, 15) is 13.2 Å². The Labute approximate surface area is 113 Å². The summed E-state index contributed by atoms with van der Waals surface area (Å²) in [5, 5.41) is 16.0. The number of aliphatic carboxylic acids is 1. The van der Waals surface area contributed by atoms with Crippen LogP contribution in [0.5, 0.6) is 0 Å². The van der Waals surface area contributed by atoms with Gasteiger partial charge in [-0.3, -0.25) is 9.52 Å². The van der Waals surface area contributed by atoms with Crippen LogP contribution in [-0.2, 0) is 14.8 Å². The molecule has 0 aliphatic rings. The first-order valence-electron chi connectivity index (χ1n) is 4.97. The molecule has 1 heterocycles. The first-order chi connectivity index (χ1) is 8.28. The molecule has 10 heteroatoms. The molecule has 1 aromatic heterocycles. The summed E-state index contributed by atoms with van der Waals surface area (Å²) in [4.78, 5) is 10.4. The number of carbonyl (C=O) groups is 1. The highest BCUT2D eigenvalue weighted by Gasteiger charge is 2.16. The van der Waals surface area contributed by atoms with Crippen molar-refractivity contribution < 1.29 is 18.3 Å². The van der Waals surface area contributed by atoms with E-state index in [0.717, 1.165) is 23.1 Å². The van der Waals surface area contributed by atoms with Gasteiger partial charge in [0, 0.05) is 0 Å². The minimum atomic E-state index is -3.42. The Morgan fingerprint density at radius 2 is 2.17 bits per heavy atom. The zero-order valence-corrected chi connectivity index (χ0v) is 12.2. The highest BCUT2D eigenvalue weighted by Crippen LogP contribution is 2.25. The summed E-state index contributed by atoms with van der Waals surface area (Å²) < 4.78 is 26.0. The Morgan fingerprint density at radius 3 is 2.72 bits per heavy atom. The van der Waals surface area contributed by atoms with Crippen LogP contribution in [0.25, 0.3) is 0 Å². The van der Waals surface area contributed by atoms with Crippen LogP contribution in [0.2, 0.25) is 0 Å². The summed E-state index contributed by atoms with van der Waals surface area (Å²) in [6.45, 7) is 3.60. The predicted octanol–water partition coefficient (Wildman–Crippen LogP) is 1.11. The highest BCUT2D eigenvalue weighted by molar-refractivity contribution is 8.01. The largest absolute Gasteiger partial charge is 0.481 e. The van der Waals surface area contributed by atoms with Gasteiger partial charge in [0.1, 0.15) is 0 Å². The molecule has 0 aromatic carbocycles. The van der Waals surface area contributed by atoms with E-state index < -0.39 is 16.0 Å². The molecule has 0 aliphatic heterocycles. The van der Waals surface area contributed by atoms with Gasteiger partial charge in [0.05, 0.1) is 11.5 Å². The molecule has 1 rings (SSSR count). The third-order valence-corrected chi connectivity index (χ3v) is 5.22. The molecule has 7 nitrogen and oxygen atoms in total. The maximum absolute atomic E-state index is 11.6. The second kappa shape index (κ2) is 6.34. The van der Waals surface area contributed by atoms with E-state index in [1.807, 2.05) is 0 Å². The molecule has 0 atom stereocenters. The molecule has 102 valence electrons. The molecule has 0 radical (unpaired) electrons. The Morgan fingerprint density at radius 1 is 1.50 bits per heavy atom. The Bertz CT molecular complexity index is 511. The van der Waals surface area contributed by atoms with E-state index in [0.29, 0.717) is 4.34 Å². The molecule has 18 heavy (non-hydrogen) atoms. The van der Waals surface area contributed by atoms with Crippen molar-refractivity contribution in [1.29, 1.82) is 0 Å². The van der Waals surface area contributed by atoms with Crippen molar-refractivity contribution >= 4 is 44.2 Å². The summed E-state index contributed by atoms with van der Waals surface area (Å²) >= 11 is 2.02. The molecule has 0 bridgehead atoms. The molecule has 1 aromatic rings. The van der Waals surface area contributed by atoms with Crippen molar-refractivity contribution in [3.8, 4) is 0 Å². The minimum absolute atomic E-state index is 0.00415. The Kier molecular flexibility index (Phi) is 5.35. The normalized spacial score (nSPS) is 11.7. The average molecular weight is 311 g/mol. The summed E-state index contributed by atoms with van der Waals surface area (Å²) in [5.74, 6) is -1.08. The van der Waals surface area contributed by atoms with Gasteiger partial charge in [0.15, 0.2) is 4.34 Å². The third-order valence-electron chi connectivity index (χ3n) is 1.52. The molecule has 2 N–H and O–H groups in total. The number of hydrogen-bond donors (Lipinski definition) is 2. The molecule has 0 spiro atoms. The molecule has 0 unspecified atom stereocenters. The lowest BCUT2D eigenvalue weighted by Gasteiger charge is -2.06. The monoisotopic (exact) mass is 311 g/mol. The fourth-order valence-corrected chi connectivity index (χ4v) is 4.19. The number of anilines is 1. The van der Waals surface area contributed by atoms with Crippen molar-refractivity contribution in [2.24, 2.45) is 5.92 Å². The number of carboxylic acid groups (broad SMARTS) is 1. The van der Waals surface area contributed by atoms with Crippen LogP contribution < -0.4 is 4.72 Å². The second-order valence-corrected chi connectivity index (χ2v) is 7.80. The fourth-order valence-electron chi connectivity index (χ4n) is 1.05. The molecular weight excluding hydrogens is 298 g/mol. The van der Waals surface area contributed by atoms with E-state index >= 15 is 0 Å². The van der Waals surface area contributed by atoms with Crippen LogP contribution in [-0.4, -0.2) is 41.2 Å². The number of nitrogens with one attached hydrogen (secondary N) is 1. The summed E-state index contributed by atoms with van der Waals surface area (Å²) in [7, 11) is -3.42. The second-order valence-electron chi connectivity index (χ2n) is 3.83. The minimum Gasteiger partial charge on any atom is -0.481 e. The summed E-state index contributed by atoms with van der Waals surface area (Å²) in [6.07, 6.45) is 0. The van der Waals surface area contributed by atoms with Crippen molar-refractivity contribution in [2.45, 2.75) is 18.2 Å². The fraction of sp³-hybridized carbons (Fsp3) is 0.625. The maximum Gasteiger partial charge on any atom is 0.313 e. The van der Waals surface area contributed by atoms with Crippen LogP contribution in [0.15, 0.2) is 4.34 Å². The average Bonchev–Trinajstić information content (AvgIpc) is 2.59. The lowest BCUT2D eigenvalue weighted by atomic mass is 10.3. The van der Waals surface area contributed by atoms with Gasteiger partial charge in [-0.25, -0.2) is 8.42 Å². The third kappa shape index (κ3) is 5.65. The first-order valence-corrected chi connectivity index (χ1v) is 8.42. The van der Waals surface area contributed by atoms with Crippen LogP contribution in [0.1, 0.15) is 13.8 Å². The van der Waals surface area contributed by atoms with Crippen LogP contribution in [0.3, 0.4) is 0 Å². The van der Waals surface area contributed by atoms with E-state index in [4.69, 9.17) is 5.11 Å². The molecule has 0 saturated heterocycles. The van der Waals surface area contributed by atoms with Gasteiger partial charge in [-0.1, -0.05) is 36.9 Å². The SMILES string of the molecule is CC(C)CS(=O)(=O)Nc1nnc(SCC(=O)O)s1. The van der Waals surface area contributed by atoms with Crippen molar-refractivity contribution in [2.75, 3.05) is 16.2 Å². The Balaban J connectivity index is 2.61. The first kappa shape index (κ1) is 15.2. The number of thioether (sulfide) groups is 1. The van der Waals surface area contributed by atoms with Gasteiger partial charge in [-0.05, 0) is 5.92 Å². The van der Waals surface area contributed by atoms with Crippen molar-refractivity contribution in [3.63, 3.8) is 0 Å². The maximum atomic E-state index is 11.6. The number of aromatic nitrogens is 2. The van der Waals surface area contributed by atoms with Crippen molar-refractivity contribution in [1.82, 2.24) is 10.2 Å². The lowest BCUT2D eigenvalue weighted by molar-refractivity contribution is -0.133. The van der Waals surface area contributed by atoms with E-state index in [1.165, 1.54) is 0 Å². The summed E-state index contributed by atoms with van der Waals surface area (Å²) in [5.41, 5.74) is 0. The standard InChI is InChI=1S/C8H13N3O4S3/c1-5(2)4-18(14,15)11-7-9-10-8(17-7)16-3-6(12)13/h5H,3-4H2,1-2H3,(H,9,11)(H,12,13). The highest BCUT2D eigenvalue weighted by atomic mass is 32.2. The predicted molar refractivity (Wildman–Crippen MR) is 70.5 cm³/mol. The number of sulfonamides is 1. The van der Waals surface area contributed by atoms with Crippen LogP contribution in [0.4, 0.5) is 5.13 Å². The number of rotatable bonds is 7. The molecule has 0 aliphatic carbocycles. The van der Waals surface area contributed by atoms with Gasteiger partial charge in [0.2, 0.25) is 15.2 Å². The van der Waals surface area contributed by atoms with Gasteiger partial charge in [0.25, 0.3) is 0 Å². The quantitative estimate of drug-likeness (QED) is 0.726. The van der Waals surface area contributed by atoms with Crippen LogP contribution >= 0.6 is 23.1 Å². The van der Waals surface area contributed by atoms with Crippen LogP contribution in [0, 0.1) is 5.92 Å². The van der Waals surface area contributed by atoms with Crippen molar-refractivity contribution in [3.05, 3.63) is 0 Å². The smallest absolute Gasteiger partial charge is 0.313 e. The molecule has 0 fully saturated rings. The number of nitrogens with zero attached hydrogens (tertiary/aromatic N) is 2. The van der Waals surface area contributed by atoms with Gasteiger partial charge < -0.3 is 5.11 Å². The van der Waals surface area contributed by atoms with E-state index in [1.54, 1.807) is 13.8 Å². The topological polar surface area (TPSA) is 109 Å². The zero-order chi connectivity index (χ0) is 13.8. The van der Waals surface area contributed by atoms with Gasteiger partial charge >= 0.3 is 5.97 Å². The Hall–Kier alpha value is -0.870. The zero-order valence-electron chi connectivity index (χ0n) is 9.78. The molecule has 0 saturated carbocycles. The van der Waals surface area contributed by atoms with Gasteiger partial charge in [-0.15, -0.1) is 10.2 Å². The van der Waals surface area contributed by atoms with Gasteiger partial charge in [-0.2, -0.15) is 0 Å².